The molecule has 0 radical (unpaired) electrons. The van der Waals surface area contributed by atoms with Crippen LogP contribution < -0.4 is 10.1 Å². The van der Waals surface area contributed by atoms with Gasteiger partial charge in [-0.1, -0.05) is 48.0 Å². The third-order valence-electron chi connectivity index (χ3n) is 3.87. The Morgan fingerprint density at radius 3 is 2.46 bits per heavy atom. The molecule has 0 saturated heterocycles. The third-order valence-corrected chi connectivity index (χ3v) is 3.87. The first-order valence-electron chi connectivity index (χ1n) is 8.18. The summed E-state index contributed by atoms with van der Waals surface area (Å²) in [5, 5.41) is 2.96. The summed E-state index contributed by atoms with van der Waals surface area (Å²) in [4.78, 5) is 14.4. The molecule has 2 rings (SSSR count). The van der Waals surface area contributed by atoms with Gasteiger partial charge in [0.15, 0.2) is 0 Å². The molecule has 0 bridgehead atoms. The van der Waals surface area contributed by atoms with Crippen LogP contribution in [-0.2, 0) is 4.79 Å². The van der Waals surface area contributed by atoms with Gasteiger partial charge in [0.2, 0.25) is 5.91 Å². The van der Waals surface area contributed by atoms with Crippen molar-refractivity contribution in [2.24, 2.45) is 0 Å². The molecule has 0 heterocycles. The number of carbonyl (C=O) groups excluding carboxylic acids is 1. The second kappa shape index (κ2) is 8.50. The molecule has 0 aromatic heterocycles. The topological polar surface area (TPSA) is 41.6 Å². The lowest BCUT2D eigenvalue weighted by Crippen LogP contribution is -2.38. The van der Waals surface area contributed by atoms with Crippen molar-refractivity contribution in [2.75, 3.05) is 27.2 Å². The number of nitrogens with zero attached hydrogens (tertiary/aromatic N) is 1. The van der Waals surface area contributed by atoms with Crippen LogP contribution in [0.4, 0.5) is 0 Å². The molecular formula is C20H26N2O2. The summed E-state index contributed by atoms with van der Waals surface area (Å²) in [5.41, 5.74) is 3.30. The van der Waals surface area contributed by atoms with E-state index in [2.05, 4.69) is 18.3 Å². The molecule has 0 saturated carbocycles. The van der Waals surface area contributed by atoms with Crippen LogP contribution in [0.5, 0.6) is 5.75 Å². The summed E-state index contributed by atoms with van der Waals surface area (Å²) in [6.45, 7) is 5.01. The zero-order chi connectivity index (χ0) is 17.5. The first kappa shape index (κ1) is 18.0. The molecule has 2 aromatic carbocycles. The van der Waals surface area contributed by atoms with E-state index in [1.807, 2.05) is 68.4 Å². The summed E-state index contributed by atoms with van der Waals surface area (Å²) in [6, 6.07) is 15.6. The maximum Gasteiger partial charge on any atom is 0.242 e. The molecule has 4 nitrogen and oxygen atoms in total. The Hall–Kier alpha value is -2.33. The molecule has 1 N–H and O–H groups in total. The smallest absolute Gasteiger partial charge is 0.242 e. The van der Waals surface area contributed by atoms with Gasteiger partial charge >= 0.3 is 0 Å². The molecule has 1 amide bonds. The van der Waals surface area contributed by atoms with Gasteiger partial charge in [0.25, 0.3) is 0 Å². The van der Waals surface area contributed by atoms with Crippen LogP contribution in [0.25, 0.3) is 0 Å². The molecule has 0 unspecified atom stereocenters. The van der Waals surface area contributed by atoms with Gasteiger partial charge in [-0.15, -0.1) is 0 Å². The van der Waals surface area contributed by atoms with Gasteiger partial charge in [-0.3, -0.25) is 9.69 Å². The number of hydrogen-bond donors (Lipinski definition) is 1. The fourth-order valence-electron chi connectivity index (χ4n) is 2.71. The molecule has 128 valence electrons. The second-order valence-electron chi connectivity index (χ2n) is 6.19. The van der Waals surface area contributed by atoms with Crippen molar-refractivity contribution >= 4 is 5.91 Å². The van der Waals surface area contributed by atoms with Crippen LogP contribution in [0.15, 0.2) is 48.5 Å². The highest BCUT2D eigenvalue weighted by Crippen LogP contribution is 2.19. The number of ether oxygens (including phenoxy) is 1. The van der Waals surface area contributed by atoms with E-state index in [0.29, 0.717) is 13.2 Å². The summed E-state index contributed by atoms with van der Waals surface area (Å²) in [5.74, 6) is 0.845. The fraction of sp³-hybridized carbons (Fsp3) is 0.350. The summed E-state index contributed by atoms with van der Waals surface area (Å²) >= 11 is 0. The van der Waals surface area contributed by atoms with E-state index in [4.69, 9.17) is 4.74 Å². The van der Waals surface area contributed by atoms with Crippen molar-refractivity contribution in [3.05, 3.63) is 65.2 Å². The van der Waals surface area contributed by atoms with Crippen molar-refractivity contribution in [2.45, 2.75) is 19.9 Å². The summed E-state index contributed by atoms with van der Waals surface area (Å²) < 4.78 is 5.76. The SMILES string of the molecule is Cc1ccc(OCCNC(=O)[C@H](c2ccccc2)N(C)C)c(C)c1. The predicted molar refractivity (Wildman–Crippen MR) is 97.3 cm³/mol. The zero-order valence-electron chi connectivity index (χ0n) is 14.9. The number of carbonyl (C=O) groups is 1. The van der Waals surface area contributed by atoms with Gasteiger partial charge in [-0.2, -0.15) is 0 Å². The van der Waals surface area contributed by atoms with Gasteiger partial charge in [0.05, 0.1) is 6.54 Å². The molecule has 4 heteroatoms. The van der Waals surface area contributed by atoms with E-state index in [1.165, 1.54) is 5.56 Å². The van der Waals surface area contributed by atoms with Crippen LogP contribution in [0, 0.1) is 13.8 Å². The maximum absolute atomic E-state index is 12.5. The van der Waals surface area contributed by atoms with Crippen LogP contribution >= 0.6 is 0 Å². The predicted octanol–water partition coefficient (Wildman–Crippen LogP) is 3.10. The average Bonchev–Trinajstić information content (AvgIpc) is 2.54. The van der Waals surface area contributed by atoms with Crippen LogP contribution in [0.1, 0.15) is 22.7 Å². The maximum atomic E-state index is 12.5. The first-order valence-corrected chi connectivity index (χ1v) is 8.18. The van der Waals surface area contributed by atoms with Gasteiger partial charge in [0, 0.05) is 0 Å². The van der Waals surface area contributed by atoms with Crippen molar-refractivity contribution in [3.63, 3.8) is 0 Å². The molecule has 2 aromatic rings. The van der Waals surface area contributed by atoms with E-state index < -0.39 is 0 Å². The minimum atomic E-state index is -0.299. The average molecular weight is 326 g/mol. The van der Waals surface area contributed by atoms with Crippen molar-refractivity contribution < 1.29 is 9.53 Å². The molecule has 0 aliphatic carbocycles. The molecule has 1 atom stereocenters. The lowest BCUT2D eigenvalue weighted by atomic mass is 10.1. The van der Waals surface area contributed by atoms with Crippen molar-refractivity contribution in [3.8, 4) is 5.75 Å². The standard InChI is InChI=1S/C20H26N2O2/c1-15-10-11-18(16(2)14-15)24-13-12-21-20(23)19(22(3)4)17-8-6-5-7-9-17/h5-11,14,19H,12-13H2,1-4H3,(H,21,23)/t19-/m0/s1. The Balaban J connectivity index is 1.87. The zero-order valence-corrected chi connectivity index (χ0v) is 14.9. The number of hydrogen-bond acceptors (Lipinski definition) is 3. The lowest BCUT2D eigenvalue weighted by Gasteiger charge is -2.23. The van der Waals surface area contributed by atoms with E-state index in [-0.39, 0.29) is 11.9 Å². The minimum Gasteiger partial charge on any atom is -0.491 e. The van der Waals surface area contributed by atoms with Gasteiger partial charge in [-0.25, -0.2) is 0 Å². The summed E-state index contributed by atoms with van der Waals surface area (Å²) in [7, 11) is 3.81. The monoisotopic (exact) mass is 326 g/mol. The number of rotatable bonds is 7. The molecular weight excluding hydrogens is 300 g/mol. The first-order chi connectivity index (χ1) is 11.5. The van der Waals surface area contributed by atoms with E-state index in [9.17, 15) is 4.79 Å². The Bertz CT molecular complexity index is 669. The summed E-state index contributed by atoms with van der Waals surface area (Å²) in [6.07, 6.45) is 0. The highest BCUT2D eigenvalue weighted by molar-refractivity contribution is 5.83. The molecule has 0 aliphatic heterocycles. The van der Waals surface area contributed by atoms with Gasteiger partial charge in [0.1, 0.15) is 18.4 Å². The molecule has 24 heavy (non-hydrogen) atoms. The van der Waals surface area contributed by atoms with E-state index in [0.717, 1.165) is 16.9 Å². The minimum absolute atomic E-state index is 0.0181. The highest BCUT2D eigenvalue weighted by atomic mass is 16.5. The van der Waals surface area contributed by atoms with E-state index >= 15 is 0 Å². The number of nitrogens with one attached hydrogen (secondary N) is 1. The quantitative estimate of drug-likeness (QED) is 0.795. The van der Waals surface area contributed by atoms with Crippen LogP contribution in [-0.4, -0.2) is 38.1 Å². The fourth-order valence-corrected chi connectivity index (χ4v) is 2.71. The van der Waals surface area contributed by atoms with E-state index in [1.54, 1.807) is 0 Å². The van der Waals surface area contributed by atoms with Crippen LogP contribution in [0.3, 0.4) is 0 Å². The lowest BCUT2D eigenvalue weighted by molar-refractivity contribution is -0.125. The molecule has 0 fully saturated rings. The number of benzene rings is 2. The van der Waals surface area contributed by atoms with Crippen LogP contribution in [0.2, 0.25) is 0 Å². The normalized spacial score (nSPS) is 12.0. The highest BCUT2D eigenvalue weighted by Gasteiger charge is 2.22. The third kappa shape index (κ3) is 4.83. The van der Waals surface area contributed by atoms with Gasteiger partial charge in [-0.05, 0) is 45.1 Å². The van der Waals surface area contributed by atoms with Crippen molar-refractivity contribution in [1.29, 1.82) is 0 Å². The Morgan fingerprint density at radius 2 is 1.83 bits per heavy atom. The number of amides is 1. The van der Waals surface area contributed by atoms with Gasteiger partial charge < -0.3 is 10.1 Å². The number of aryl methyl sites for hydroxylation is 2. The number of likely N-dealkylation sites (N-methyl/N-ethyl adjacent to an activating group) is 1. The Morgan fingerprint density at radius 1 is 1.12 bits per heavy atom. The molecule has 0 aliphatic rings. The Kier molecular flexibility index (Phi) is 6.38. The van der Waals surface area contributed by atoms with Crippen molar-refractivity contribution in [1.82, 2.24) is 10.2 Å². The second-order valence-corrected chi connectivity index (χ2v) is 6.19. The largest absolute Gasteiger partial charge is 0.491 e. The Labute approximate surface area is 144 Å². The molecule has 0 spiro atoms.